The van der Waals surface area contributed by atoms with Crippen LogP contribution >= 0.6 is 0 Å². The lowest BCUT2D eigenvalue weighted by molar-refractivity contribution is -0.128. The van der Waals surface area contributed by atoms with Crippen molar-refractivity contribution in [1.29, 1.82) is 0 Å². The molecule has 1 aliphatic rings. The van der Waals surface area contributed by atoms with Crippen LogP contribution in [0.4, 0.5) is 0 Å². The fraction of sp³-hybridized carbons (Fsp3) is 0.524. The Morgan fingerprint density at radius 3 is 2.38 bits per heavy atom. The number of carbonyl (C=O) groups excluding carboxylic acids is 1. The van der Waals surface area contributed by atoms with Gasteiger partial charge in [0.15, 0.2) is 0 Å². The minimum Gasteiger partial charge on any atom is -0.353 e. The molecule has 0 atom stereocenters. The normalized spacial score (nSPS) is 17.2. The van der Waals surface area contributed by atoms with E-state index in [1.54, 1.807) is 0 Å². The third-order valence-electron chi connectivity index (χ3n) is 5.95. The third-order valence-corrected chi connectivity index (χ3v) is 5.95. The first-order chi connectivity index (χ1) is 12.4. The highest BCUT2D eigenvalue weighted by molar-refractivity contribution is 5.88. The van der Waals surface area contributed by atoms with E-state index in [0.717, 1.165) is 37.2 Å². The molecule has 1 fully saturated rings. The van der Waals surface area contributed by atoms with Crippen molar-refractivity contribution in [3.63, 3.8) is 0 Å². The monoisotopic (exact) mass is 354 g/mol. The minimum atomic E-state index is -0.418. The first kappa shape index (κ1) is 18.6. The maximum absolute atomic E-state index is 13.2. The molecule has 1 N–H and O–H groups in total. The van der Waals surface area contributed by atoms with Crippen LogP contribution in [0.2, 0.25) is 0 Å². The summed E-state index contributed by atoms with van der Waals surface area (Å²) in [5.41, 5.74) is 4.18. The summed E-state index contributed by atoms with van der Waals surface area (Å²) < 4.78 is 1.99. The highest BCUT2D eigenvalue weighted by Gasteiger charge is 2.41. The van der Waals surface area contributed by atoms with Gasteiger partial charge in [-0.05, 0) is 64.9 Å². The number of nitrogens with one attached hydrogen (secondary N) is 1. The summed E-state index contributed by atoms with van der Waals surface area (Å²) in [6.45, 7) is 9.40. The van der Waals surface area contributed by atoms with Crippen molar-refractivity contribution >= 4 is 5.91 Å². The van der Waals surface area contributed by atoms with Crippen LogP contribution in [0, 0.1) is 20.8 Å². The number of aromatic nitrogens is 2. The van der Waals surface area contributed by atoms with Gasteiger partial charge in [0.2, 0.25) is 5.91 Å². The number of hydrogen-bond donors (Lipinski definition) is 1. The van der Waals surface area contributed by atoms with Crippen molar-refractivity contribution in [3.8, 4) is 0 Å². The average molecular weight is 354 g/mol. The van der Waals surface area contributed by atoms with Gasteiger partial charge in [-0.15, -0.1) is 0 Å². The van der Waals surface area contributed by atoms with Gasteiger partial charge in [-0.3, -0.25) is 9.48 Å². The van der Waals surface area contributed by atoms with Crippen molar-refractivity contribution < 1.29 is 4.79 Å². The van der Waals surface area contributed by atoms with Gasteiger partial charge in [0.1, 0.15) is 0 Å². The number of carbonyl (C=O) groups is 1. The molecule has 0 spiro atoms. The molecule has 5 heteroatoms. The molecular formula is C21H30N4O. The van der Waals surface area contributed by atoms with Gasteiger partial charge in [0.25, 0.3) is 0 Å². The van der Waals surface area contributed by atoms with E-state index in [4.69, 9.17) is 0 Å². The zero-order chi connectivity index (χ0) is 18.7. The first-order valence-electron chi connectivity index (χ1n) is 9.47. The van der Waals surface area contributed by atoms with Crippen LogP contribution in [0.25, 0.3) is 0 Å². The molecule has 0 saturated carbocycles. The molecule has 140 valence electrons. The summed E-state index contributed by atoms with van der Waals surface area (Å²) in [6.07, 6.45) is 1.72. The standard InChI is InChI=1S/C21H30N4O/c1-16-17(2)23-25(18(16)3)15-12-22-20(26)21(10-13-24(4)14-11-21)19-8-6-5-7-9-19/h5-9H,10-15H2,1-4H3,(H,22,26). The fourth-order valence-corrected chi connectivity index (χ4v) is 3.85. The molecule has 2 aromatic rings. The van der Waals surface area contributed by atoms with E-state index < -0.39 is 5.41 Å². The van der Waals surface area contributed by atoms with Gasteiger partial charge >= 0.3 is 0 Å². The number of amides is 1. The Balaban J connectivity index is 1.71. The Bertz CT molecular complexity index is 758. The number of likely N-dealkylation sites (tertiary alicyclic amines) is 1. The highest BCUT2D eigenvalue weighted by Crippen LogP contribution is 2.35. The molecule has 1 aromatic heterocycles. The molecule has 2 heterocycles. The van der Waals surface area contributed by atoms with E-state index in [2.05, 4.69) is 48.3 Å². The molecule has 0 radical (unpaired) electrons. The van der Waals surface area contributed by atoms with Crippen LogP contribution in [0.1, 0.15) is 35.4 Å². The van der Waals surface area contributed by atoms with Gasteiger partial charge in [-0.2, -0.15) is 5.10 Å². The Kier molecular flexibility index (Phi) is 5.47. The predicted octanol–water partition coefficient (Wildman–Crippen LogP) is 2.59. The quantitative estimate of drug-likeness (QED) is 0.898. The van der Waals surface area contributed by atoms with Crippen molar-refractivity contribution in [2.45, 2.75) is 45.6 Å². The molecule has 0 aliphatic carbocycles. The smallest absolute Gasteiger partial charge is 0.230 e. The number of hydrogen-bond acceptors (Lipinski definition) is 3. The van der Waals surface area contributed by atoms with Gasteiger partial charge in [-0.25, -0.2) is 0 Å². The van der Waals surface area contributed by atoms with E-state index in [0.29, 0.717) is 13.1 Å². The van der Waals surface area contributed by atoms with Gasteiger partial charge in [0, 0.05) is 12.2 Å². The molecule has 3 rings (SSSR count). The summed E-state index contributed by atoms with van der Waals surface area (Å²) >= 11 is 0. The maximum atomic E-state index is 13.2. The molecule has 1 aromatic carbocycles. The van der Waals surface area contributed by atoms with Crippen molar-refractivity contribution in [2.75, 3.05) is 26.7 Å². The summed E-state index contributed by atoms with van der Waals surface area (Å²) in [6, 6.07) is 10.3. The number of benzene rings is 1. The summed E-state index contributed by atoms with van der Waals surface area (Å²) in [5.74, 6) is 0.148. The number of rotatable bonds is 5. The minimum absolute atomic E-state index is 0.148. The van der Waals surface area contributed by atoms with E-state index >= 15 is 0 Å². The Morgan fingerprint density at radius 2 is 1.81 bits per heavy atom. The number of nitrogens with zero attached hydrogens (tertiary/aromatic N) is 3. The number of piperidine rings is 1. The molecule has 0 unspecified atom stereocenters. The topological polar surface area (TPSA) is 50.2 Å². The van der Waals surface area contributed by atoms with Gasteiger partial charge in [0.05, 0.1) is 17.7 Å². The molecule has 26 heavy (non-hydrogen) atoms. The van der Waals surface area contributed by atoms with Crippen LogP contribution in [-0.4, -0.2) is 47.3 Å². The van der Waals surface area contributed by atoms with Crippen molar-refractivity contribution in [2.24, 2.45) is 0 Å². The Morgan fingerprint density at radius 1 is 1.15 bits per heavy atom. The second-order valence-electron chi connectivity index (χ2n) is 7.53. The van der Waals surface area contributed by atoms with E-state index in [1.807, 2.05) is 29.8 Å². The Labute approximate surface area is 156 Å². The average Bonchev–Trinajstić information content (AvgIpc) is 2.90. The maximum Gasteiger partial charge on any atom is 0.230 e. The second kappa shape index (κ2) is 7.62. The van der Waals surface area contributed by atoms with Gasteiger partial charge in [-0.1, -0.05) is 30.3 Å². The van der Waals surface area contributed by atoms with Crippen LogP contribution in [0.3, 0.4) is 0 Å². The predicted molar refractivity (Wildman–Crippen MR) is 104 cm³/mol. The fourth-order valence-electron chi connectivity index (χ4n) is 3.85. The summed E-state index contributed by atoms with van der Waals surface area (Å²) in [4.78, 5) is 15.5. The van der Waals surface area contributed by atoms with Crippen molar-refractivity contribution in [1.82, 2.24) is 20.0 Å². The molecule has 5 nitrogen and oxygen atoms in total. The van der Waals surface area contributed by atoms with Crippen LogP contribution in [-0.2, 0) is 16.8 Å². The molecule has 1 amide bonds. The summed E-state index contributed by atoms with van der Waals surface area (Å²) in [5, 5.41) is 7.76. The third kappa shape index (κ3) is 3.54. The van der Waals surface area contributed by atoms with Crippen LogP contribution in [0.5, 0.6) is 0 Å². The zero-order valence-corrected chi connectivity index (χ0v) is 16.4. The van der Waals surface area contributed by atoms with E-state index in [9.17, 15) is 4.79 Å². The molecule has 1 aliphatic heterocycles. The second-order valence-corrected chi connectivity index (χ2v) is 7.53. The highest BCUT2D eigenvalue weighted by atomic mass is 16.2. The lowest BCUT2D eigenvalue weighted by atomic mass is 9.72. The van der Waals surface area contributed by atoms with Gasteiger partial charge < -0.3 is 10.2 Å². The largest absolute Gasteiger partial charge is 0.353 e. The molecule has 0 bridgehead atoms. The lowest BCUT2D eigenvalue weighted by Crippen LogP contribution is -2.51. The first-order valence-corrected chi connectivity index (χ1v) is 9.47. The number of aryl methyl sites for hydroxylation is 1. The Hall–Kier alpha value is -2.14. The van der Waals surface area contributed by atoms with E-state index in [-0.39, 0.29) is 5.91 Å². The van der Waals surface area contributed by atoms with Crippen LogP contribution < -0.4 is 5.32 Å². The zero-order valence-electron chi connectivity index (χ0n) is 16.4. The van der Waals surface area contributed by atoms with Crippen LogP contribution in [0.15, 0.2) is 30.3 Å². The van der Waals surface area contributed by atoms with Crippen molar-refractivity contribution in [3.05, 3.63) is 52.8 Å². The SMILES string of the molecule is Cc1nn(CCNC(=O)C2(c3ccccc3)CCN(C)CC2)c(C)c1C. The lowest BCUT2D eigenvalue weighted by Gasteiger charge is -2.39. The van der Waals surface area contributed by atoms with E-state index in [1.165, 1.54) is 11.3 Å². The summed E-state index contributed by atoms with van der Waals surface area (Å²) in [7, 11) is 2.12. The molecule has 1 saturated heterocycles. The molecular weight excluding hydrogens is 324 g/mol.